The summed E-state index contributed by atoms with van der Waals surface area (Å²) in [5.41, 5.74) is 16.2. The van der Waals surface area contributed by atoms with Gasteiger partial charge in [-0.3, -0.25) is 0 Å². The Morgan fingerprint density at radius 1 is 0.667 bits per heavy atom. The van der Waals surface area contributed by atoms with Crippen LogP contribution in [0.25, 0.3) is 34.5 Å². The number of benzene rings is 3. The predicted molar refractivity (Wildman–Crippen MR) is 140 cm³/mol. The molecule has 1 heterocycles. The standard InChI is InChI=1S/C28H22N4O4/c29-22-15-5-17(6-16-22)3-1-2-4-23-25(28(35)36)32-26(30)24(31-23)20-11-7-18(8-12-20)19-9-13-21(14-10-19)27(33)34/h1-16H,29H2,(H2,30,32)(H,33,34)(H,35,36)/b3-1+,4-2+. The van der Waals surface area contributed by atoms with Gasteiger partial charge in [0.1, 0.15) is 5.69 Å². The minimum absolute atomic E-state index is 0.000488. The predicted octanol–water partition coefficient (Wildman–Crippen LogP) is 5.10. The molecule has 4 rings (SSSR count). The lowest BCUT2D eigenvalue weighted by Crippen LogP contribution is -2.10. The first-order valence-corrected chi connectivity index (χ1v) is 10.9. The van der Waals surface area contributed by atoms with Crippen LogP contribution in [0.15, 0.2) is 84.9 Å². The number of hydrogen-bond acceptors (Lipinski definition) is 6. The van der Waals surface area contributed by atoms with Crippen LogP contribution in [0.5, 0.6) is 0 Å². The Morgan fingerprint density at radius 2 is 1.22 bits per heavy atom. The normalized spacial score (nSPS) is 11.2. The lowest BCUT2D eigenvalue weighted by atomic mass is 10.0. The van der Waals surface area contributed by atoms with E-state index in [1.165, 1.54) is 0 Å². The molecule has 0 unspecified atom stereocenters. The van der Waals surface area contributed by atoms with Gasteiger partial charge in [0.05, 0.1) is 11.3 Å². The van der Waals surface area contributed by atoms with E-state index in [1.807, 2.05) is 30.3 Å². The molecule has 8 heteroatoms. The Hall–Kier alpha value is -5.24. The highest BCUT2D eigenvalue weighted by molar-refractivity contribution is 5.91. The summed E-state index contributed by atoms with van der Waals surface area (Å²) in [6.45, 7) is 0. The van der Waals surface area contributed by atoms with Gasteiger partial charge in [-0.2, -0.15) is 0 Å². The summed E-state index contributed by atoms with van der Waals surface area (Å²) in [7, 11) is 0. The highest BCUT2D eigenvalue weighted by Gasteiger charge is 2.17. The van der Waals surface area contributed by atoms with Crippen LogP contribution in [-0.4, -0.2) is 32.1 Å². The van der Waals surface area contributed by atoms with Gasteiger partial charge >= 0.3 is 11.9 Å². The Bertz CT molecular complexity index is 1470. The van der Waals surface area contributed by atoms with Gasteiger partial charge in [0.25, 0.3) is 0 Å². The lowest BCUT2D eigenvalue weighted by molar-refractivity contribution is 0.0682. The molecule has 178 valence electrons. The second-order valence-corrected chi connectivity index (χ2v) is 7.84. The van der Waals surface area contributed by atoms with E-state index < -0.39 is 11.9 Å². The molecule has 1 aromatic heterocycles. The molecule has 0 saturated carbocycles. The molecule has 0 aliphatic rings. The molecule has 0 aliphatic heterocycles. The fraction of sp³-hybridized carbons (Fsp3) is 0. The van der Waals surface area contributed by atoms with Crippen LogP contribution < -0.4 is 11.5 Å². The number of carbonyl (C=O) groups is 2. The molecule has 0 saturated heterocycles. The maximum atomic E-state index is 11.7. The Labute approximate surface area is 206 Å². The largest absolute Gasteiger partial charge is 0.478 e. The molecule has 0 spiro atoms. The monoisotopic (exact) mass is 478 g/mol. The third-order valence-corrected chi connectivity index (χ3v) is 5.37. The number of nitrogens with two attached hydrogens (primary N) is 2. The third-order valence-electron chi connectivity index (χ3n) is 5.37. The number of nitrogen functional groups attached to an aromatic ring is 2. The zero-order valence-corrected chi connectivity index (χ0v) is 19.0. The van der Waals surface area contributed by atoms with Gasteiger partial charge in [0.2, 0.25) is 0 Å². The van der Waals surface area contributed by atoms with E-state index in [2.05, 4.69) is 9.97 Å². The minimum atomic E-state index is -1.23. The Kier molecular flexibility index (Phi) is 6.87. The molecule has 0 aliphatic carbocycles. The molecule has 3 aromatic carbocycles. The highest BCUT2D eigenvalue weighted by atomic mass is 16.4. The molecule has 0 bridgehead atoms. The Balaban J connectivity index is 1.61. The van der Waals surface area contributed by atoms with Crippen LogP contribution in [-0.2, 0) is 0 Å². The van der Waals surface area contributed by atoms with Crippen molar-refractivity contribution in [2.75, 3.05) is 11.5 Å². The average Bonchev–Trinajstić information content (AvgIpc) is 2.88. The van der Waals surface area contributed by atoms with Gasteiger partial charge in [-0.15, -0.1) is 0 Å². The van der Waals surface area contributed by atoms with Crippen LogP contribution in [0.1, 0.15) is 32.1 Å². The summed E-state index contributed by atoms with van der Waals surface area (Å²) in [5.74, 6) is -2.22. The molecule has 8 nitrogen and oxygen atoms in total. The molecule has 0 amide bonds. The van der Waals surface area contributed by atoms with E-state index in [9.17, 15) is 14.7 Å². The van der Waals surface area contributed by atoms with Gasteiger partial charge in [0, 0.05) is 11.3 Å². The Morgan fingerprint density at radius 3 is 1.81 bits per heavy atom. The fourth-order valence-electron chi connectivity index (χ4n) is 3.49. The molecular weight excluding hydrogens is 456 g/mol. The van der Waals surface area contributed by atoms with E-state index in [1.54, 1.807) is 66.8 Å². The summed E-state index contributed by atoms with van der Waals surface area (Å²) in [4.78, 5) is 31.3. The smallest absolute Gasteiger partial charge is 0.356 e. The number of anilines is 2. The molecular formula is C28H22N4O4. The number of aromatic nitrogens is 2. The lowest BCUT2D eigenvalue weighted by Gasteiger charge is -2.09. The van der Waals surface area contributed by atoms with Crippen molar-refractivity contribution < 1.29 is 19.8 Å². The maximum absolute atomic E-state index is 11.7. The summed E-state index contributed by atoms with van der Waals surface area (Å²) in [6, 6.07) is 21.2. The number of hydrogen-bond donors (Lipinski definition) is 4. The zero-order chi connectivity index (χ0) is 25.7. The highest BCUT2D eigenvalue weighted by Crippen LogP contribution is 2.28. The van der Waals surface area contributed by atoms with Crippen LogP contribution in [0.2, 0.25) is 0 Å². The molecule has 6 N–H and O–H groups in total. The first kappa shape index (κ1) is 23.9. The fourth-order valence-corrected chi connectivity index (χ4v) is 3.49. The van der Waals surface area contributed by atoms with Crippen molar-refractivity contribution in [2.24, 2.45) is 0 Å². The first-order chi connectivity index (χ1) is 17.3. The van der Waals surface area contributed by atoms with Crippen molar-refractivity contribution >= 4 is 35.6 Å². The van der Waals surface area contributed by atoms with E-state index >= 15 is 0 Å². The SMILES string of the molecule is Nc1ccc(/C=C/C=C/c2nc(-c3ccc(-c4ccc(C(=O)O)cc4)cc3)c(N)nc2C(=O)O)cc1. The number of carboxylic acid groups (broad SMARTS) is 2. The summed E-state index contributed by atoms with van der Waals surface area (Å²) < 4.78 is 0. The number of rotatable bonds is 7. The minimum Gasteiger partial charge on any atom is -0.478 e. The van der Waals surface area contributed by atoms with E-state index in [4.69, 9.17) is 16.6 Å². The van der Waals surface area contributed by atoms with Gasteiger partial charge in [-0.1, -0.05) is 66.8 Å². The van der Waals surface area contributed by atoms with Crippen molar-refractivity contribution in [1.82, 2.24) is 9.97 Å². The van der Waals surface area contributed by atoms with E-state index in [0.29, 0.717) is 16.9 Å². The third kappa shape index (κ3) is 5.45. The van der Waals surface area contributed by atoms with Gasteiger partial charge in [-0.25, -0.2) is 19.6 Å². The topological polar surface area (TPSA) is 152 Å². The van der Waals surface area contributed by atoms with Gasteiger partial charge < -0.3 is 21.7 Å². The average molecular weight is 479 g/mol. The van der Waals surface area contributed by atoms with Crippen LogP contribution in [0.3, 0.4) is 0 Å². The van der Waals surface area contributed by atoms with Crippen LogP contribution in [0, 0.1) is 0 Å². The number of nitrogens with zero attached hydrogens (tertiary/aromatic N) is 2. The van der Waals surface area contributed by atoms with Crippen LogP contribution in [0.4, 0.5) is 11.5 Å². The second kappa shape index (κ2) is 10.4. The summed E-state index contributed by atoms with van der Waals surface area (Å²) in [5, 5.41) is 18.6. The first-order valence-electron chi connectivity index (χ1n) is 10.9. The van der Waals surface area contributed by atoms with Gasteiger partial charge in [0.15, 0.2) is 11.5 Å². The molecule has 4 aromatic rings. The molecule has 0 fully saturated rings. The van der Waals surface area contributed by atoms with Crippen LogP contribution >= 0.6 is 0 Å². The zero-order valence-electron chi connectivity index (χ0n) is 19.0. The van der Waals surface area contributed by atoms with Crippen molar-refractivity contribution in [1.29, 1.82) is 0 Å². The maximum Gasteiger partial charge on any atom is 0.356 e. The van der Waals surface area contributed by atoms with Crippen molar-refractivity contribution in [3.8, 4) is 22.4 Å². The summed E-state index contributed by atoms with van der Waals surface area (Å²) >= 11 is 0. The number of aromatic carboxylic acids is 2. The molecule has 0 radical (unpaired) electrons. The van der Waals surface area contributed by atoms with E-state index in [-0.39, 0.29) is 22.8 Å². The van der Waals surface area contributed by atoms with Crippen molar-refractivity contribution in [2.45, 2.75) is 0 Å². The van der Waals surface area contributed by atoms with Crippen molar-refractivity contribution in [3.63, 3.8) is 0 Å². The molecule has 0 atom stereocenters. The second-order valence-electron chi connectivity index (χ2n) is 7.84. The van der Waals surface area contributed by atoms with Crippen molar-refractivity contribution in [3.05, 3.63) is 107 Å². The summed E-state index contributed by atoms with van der Waals surface area (Å²) in [6.07, 6.45) is 6.85. The van der Waals surface area contributed by atoms with Gasteiger partial charge in [-0.05, 0) is 47.0 Å². The van der Waals surface area contributed by atoms with E-state index in [0.717, 1.165) is 16.7 Å². The quantitative estimate of drug-likeness (QED) is 0.211. The number of allylic oxidation sites excluding steroid dienone is 2. The number of carboxylic acids is 2. The molecule has 36 heavy (non-hydrogen) atoms.